The van der Waals surface area contributed by atoms with Crippen LogP contribution in [0.3, 0.4) is 0 Å². The molecule has 0 spiro atoms. The minimum Gasteiger partial charge on any atom is -0.480 e. The summed E-state index contributed by atoms with van der Waals surface area (Å²) >= 11 is 0. The molecule has 0 saturated carbocycles. The first-order valence-corrected chi connectivity index (χ1v) is 4.23. The van der Waals surface area contributed by atoms with Crippen LogP contribution in [0.2, 0.25) is 0 Å². The van der Waals surface area contributed by atoms with E-state index in [1.807, 2.05) is 0 Å². The first-order chi connectivity index (χ1) is 6.99. The number of nitrogens with two attached hydrogens (primary N) is 2. The van der Waals surface area contributed by atoms with Crippen LogP contribution in [0, 0.1) is 0 Å². The van der Waals surface area contributed by atoms with Gasteiger partial charge in [-0.2, -0.15) is 0 Å². The van der Waals surface area contributed by atoms with Gasteiger partial charge in [-0.25, -0.2) is 0 Å². The third-order valence-corrected chi connectivity index (χ3v) is 1.47. The van der Waals surface area contributed by atoms with Crippen LogP contribution in [0.15, 0.2) is 0 Å². The molecule has 0 unspecified atom stereocenters. The molecule has 0 aliphatic carbocycles. The number of nitrogens with one attached hydrogen (secondary N) is 2. The average molecular weight is 218 g/mol. The minimum atomic E-state index is -1.05. The molecule has 7 N–H and O–H groups in total. The van der Waals surface area contributed by atoms with Crippen molar-refractivity contribution >= 4 is 17.8 Å². The summed E-state index contributed by atoms with van der Waals surface area (Å²) < 4.78 is 0. The second-order valence-electron chi connectivity index (χ2n) is 2.69. The van der Waals surface area contributed by atoms with Crippen molar-refractivity contribution in [3.05, 3.63) is 0 Å². The van der Waals surface area contributed by atoms with Gasteiger partial charge in [0.25, 0.3) is 0 Å². The van der Waals surface area contributed by atoms with Gasteiger partial charge in [-0.15, -0.1) is 0 Å². The first-order valence-electron chi connectivity index (χ1n) is 4.23. The maximum Gasteiger partial charge on any atom is 0.321 e. The SMILES string of the molecule is NC[C@H](N)C(=O)O.O=C1NCCNC1=O. The number of hydrogen-bond acceptors (Lipinski definition) is 5. The Morgan fingerprint density at radius 3 is 1.87 bits per heavy atom. The lowest BCUT2D eigenvalue weighted by Gasteiger charge is -2.10. The molecule has 0 bridgehead atoms. The van der Waals surface area contributed by atoms with Crippen LogP contribution >= 0.6 is 0 Å². The minimum absolute atomic E-state index is 0.00463. The summed E-state index contributed by atoms with van der Waals surface area (Å²) in [6.07, 6.45) is 0. The highest BCUT2D eigenvalue weighted by molar-refractivity contribution is 6.35. The Hall–Kier alpha value is -1.67. The van der Waals surface area contributed by atoms with E-state index in [0.717, 1.165) is 0 Å². The van der Waals surface area contributed by atoms with Gasteiger partial charge in [0, 0.05) is 19.6 Å². The standard InChI is InChI=1S/C4H6N2O2.C3H8N2O2/c7-3-4(8)6-2-1-5-3;4-1-2(5)3(6)7/h1-2H2,(H,5,7)(H,6,8);2H,1,4-5H2,(H,6,7)/t;2-/m.0/s1. The van der Waals surface area contributed by atoms with Gasteiger partial charge in [0.05, 0.1) is 0 Å². The summed E-state index contributed by atoms with van der Waals surface area (Å²) in [4.78, 5) is 30.3. The maximum absolute atomic E-state index is 10.3. The zero-order valence-electron chi connectivity index (χ0n) is 8.03. The van der Waals surface area contributed by atoms with Crippen molar-refractivity contribution in [1.29, 1.82) is 0 Å². The van der Waals surface area contributed by atoms with Gasteiger partial charge in [-0.05, 0) is 0 Å². The lowest BCUT2D eigenvalue weighted by molar-refractivity contribution is -0.140. The number of carboxylic acids is 1. The van der Waals surface area contributed by atoms with Crippen molar-refractivity contribution in [2.24, 2.45) is 11.5 Å². The lowest BCUT2D eigenvalue weighted by Crippen LogP contribution is -2.49. The molecule has 2 amide bonds. The van der Waals surface area contributed by atoms with E-state index in [1.165, 1.54) is 0 Å². The normalized spacial score (nSPS) is 16.7. The summed E-state index contributed by atoms with van der Waals surface area (Å²) in [6.45, 7) is 1.09. The van der Waals surface area contributed by atoms with Crippen molar-refractivity contribution in [3.8, 4) is 0 Å². The van der Waals surface area contributed by atoms with Crippen LogP contribution in [0.5, 0.6) is 0 Å². The van der Waals surface area contributed by atoms with E-state index in [1.54, 1.807) is 0 Å². The second-order valence-corrected chi connectivity index (χ2v) is 2.69. The molecular formula is C7H14N4O4. The highest BCUT2D eigenvalue weighted by Gasteiger charge is 2.15. The van der Waals surface area contributed by atoms with E-state index < -0.39 is 23.8 Å². The van der Waals surface area contributed by atoms with Gasteiger partial charge in [-0.3, -0.25) is 14.4 Å². The molecule has 0 aromatic carbocycles. The molecule has 1 rings (SSSR count). The van der Waals surface area contributed by atoms with Crippen LogP contribution in [0.25, 0.3) is 0 Å². The Bertz CT molecular complexity index is 239. The molecular weight excluding hydrogens is 204 g/mol. The van der Waals surface area contributed by atoms with E-state index in [4.69, 9.17) is 16.6 Å². The number of aliphatic carboxylic acids is 1. The number of rotatable bonds is 2. The number of carbonyl (C=O) groups is 3. The molecule has 1 aliphatic rings. The van der Waals surface area contributed by atoms with E-state index in [-0.39, 0.29) is 6.54 Å². The Labute approximate surface area is 86.0 Å². The number of carboxylic acid groups (broad SMARTS) is 1. The molecule has 8 heteroatoms. The van der Waals surface area contributed by atoms with Crippen LogP contribution in [-0.4, -0.2) is 48.6 Å². The Morgan fingerprint density at radius 1 is 1.33 bits per heavy atom. The van der Waals surface area contributed by atoms with E-state index in [9.17, 15) is 14.4 Å². The largest absolute Gasteiger partial charge is 0.480 e. The van der Waals surface area contributed by atoms with Crippen molar-refractivity contribution in [2.75, 3.05) is 19.6 Å². The lowest BCUT2D eigenvalue weighted by atomic mass is 10.3. The van der Waals surface area contributed by atoms with Gasteiger partial charge in [0.15, 0.2) is 0 Å². The molecule has 8 nitrogen and oxygen atoms in total. The Kier molecular flexibility index (Phi) is 5.99. The van der Waals surface area contributed by atoms with Crippen LogP contribution in [0.1, 0.15) is 0 Å². The van der Waals surface area contributed by atoms with Crippen LogP contribution < -0.4 is 22.1 Å². The molecule has 1 atom stereocenters. The van der Waals surface area contributed by atoms with Gasteiger partial charge in [-0.1, -0.05) is 0 Å². The molecule has 1 heterocycles. The first kappa shape index (κ1) is 13.3. The third kappa shape index (κ3) is 5.60. The third-order valence-electron chi connectivity index (χ3n) is 1.47. The summed E-state index contributed by atoms with van der Waals surface area (Å²) in [6, 6.07) is -0.903. The molecule has 0 aromatic heterocycles. The summed E-state index contributed by atoms with van der Waals surface area (Å²) in [7, 11) is 0. The van der Waals surface area contributed by atoms with Crippen LogP contribution in [-0.2, 0) is 14.4 Å². The zero-order valence-corrected chi connectivity index (χ0v) is 8.03. The molecule has 86 valence electrons. The second kappa shape index (κ2) is 6.74. The van der Waals surface area contributed by atoms with Crippen LogP contribution in [0.4, 0.5) is 0 Å². The number of hydrogen-bond donors (Lipinski definition) is 5. The predicted octanol–water partition coefficient (Wildman–Crippen LogP) is -3.41. The van der Waals surface area contributed by atoms with Gasteiger partial charge < -0.3 is 27.2 Å². The molecule has 0 radical (unpaired) electrons. The maximum atomic E-state index is 10.3. The molecule has 1 saturated heterocycles. The predicted molar refractivity (Wildman–Crippen MR) is 50.7 cm³/mol. The van der Waals surface area contributed by atoms with Crippen molar-refractivity contribution < 1.29 is 19.5 Å². The number of amides is 2. The fraction of sp³-hybridized carbons (Fsp3) is 0.571. The molecule has 15 heavy (non-hydrogen) atoms. The van der Waals surface area contributed by atoms with Gasteiger partial charge in [0.2, 0.25) is 0 Å². The quantitative estimate of drug-likeness (QED) is 0.305. The molecule has 1 fully saturated rings. The highest BCUT2D eigenvalue weighted by atomic mass is 16.4. The number of piperazine rings is 1. The van der Waals surface area contributed by atoms with Crippen molar-refractivity contribution in [2.45, 2.75) is 6.04 Å². The van der Waals surface area contributed by atoms with Crippen molar-refractivity contribution in [3.63, 3.8) is 0 Å². The number of carbonyl (C=O) groups excluding carboxylic acids is 2. The van der Waals surface area contributed by atoms with E-state index >= 15 is 0 Å². The fourth-order valence-electron chi connectivity index (χ4n) is 0.613. The fourth-order valence-corrected chi connectivity index (χ4v) is 0.613. The average Bonchev–Trinajstić information content (AvgIpc) is 2.22. The summed E-state index contributed by atoms with van der Waals surface area (Å²) in [5.74, 6) is -2.12. The monoisotopic (exact) mass is 218 g/mol. The zero-order chi connectivity index (χ0) is 11.8. The van der Waals surface area contributed by atoms with E-state index in [0.29, 0.717) is 13.1 Å². The van der Waals surface area contributed by atoms with E-state index in [2.05, 4.69) is 10.6 Å². The summed E-state index contributed by atoms with van der Waals surface area (Å²) in [5, 5.41) is 12.7. The van der Waals surface area contributed by atoms with Gasteiger partial charge >= 0.3 is 17.8 Å². The highest BCUT2D eigenvalue weighted by Crippen LogP contribution is 1.73. The Morgan fingerprint density at radius 2 is 1.73 bits per heavy atom. The summed E-state index contributed by atoms with van der Waals surface area (Å²) in [5.41, 5.74) is 9.76. The van der Waals surface area contributed by atoms with Gasteiger partial charge in [0.1, 0.15) is 6.04 Å². The smallest absolute Gasteiger partial charge is 0.321 e. The topological polar surface area (TPSA) is 148 Å². The molecule has 0 aromatic rings. The molecule has 1 aliphatic heterocycles. The van der Waals surface area contributed by atoms with Crippen molar-refractivity contribution in [1.82, 2.24) is 10.6 Å². The Balaban J connectivity index is 0.000000265.